The molecule has 1 atom stereocenters. The molecule has 0 amide bonds. The average molecular weight is 268 g/mol. The van der Waals surface area contributed by atoms with E-state index >= 15 is 0 Å². The standard InChI is InChI=1S/C12H14BrNO/c1-5-12(4,6-2)15-11-10(13)9(3)7-8-14-11/h1,7-8H,6H2,2-4H3. The fraction of sp³-hybridized carbons (Fsp3) is 0.417. The minimum atomic E-state index is -0.594. The fourth-order valence-electron chi connectivity index (χ4n) is 1.00. The van der Waals surface area contributed by atoms with E-state index in [1.807, 2.05) is 26.8 Å². The van der Waals surface area contributed by atoms with Gasteiger partial charge >= 0.3 is 0 Å². The van der Waals surface area contributed by atoms with Gasteiger partial charge in [-0.25, -0.2) is 4.98 Å². The second kappa shape index (κ2) is 4.67. The first-order valence-corrected chi connectivity index (χ1v) is 5.59. The van der Waals surface area contributed by atoms with Crippen LogP contribution in [0.3, 0.4) is 0 Å². The number of terminal acetylenes is 1. The van der Waals surface area contributed by atoms with Gasteiger partial charge in [-0.3, -0.25) is 0 Å². The van der Waals surface area contributed by atoms with Crippen molar-refractivity contribution < 1.29 is 4.74 Å². The Bertz CT molecular complexity index is 397. The molecule has 0 bridgehead atoms. The van der Waals surface area contributed by atoms with Crippen LogP contribution in [0.4, 0.5) is 0 Å². The van der Waals surface area contributed by atoms with Crippen molar-refractivity contribution in [2.75, 3.05) is 0 Å². The molecule has 0 saturated heterocycles. The number of hydrogen-bond donors (Lipinski definition) is 0. The molecule has 0 aliphatic heterocycles. The van der Waals surface area contributed by atoms with Gasteiger partial charge in [0.2, 0.25) is 5.88 Å². The van der Waals surface area contributed by atoms with Crippen molar-refractivity contribution >= 4 is 15.9 Å². The Morgan fingerprint density at radius 1 is 1.67 bits per heavy atom. The van der Waals surface area contributed by atoms with Crippen molar-refractivity contribution in [1.82, 2.24) is 4.98 Å². The summed E-state index contributed by atoms with van der Waals surface area (Å²) in [5, 5.41) is 0. The Labute approximate surface area is 99.2 Å². The molecule has 1 heterocycles. The summed E-state index contributed by atoms with van der Waals surface area (Å²) in [7, 11) is 0. The zero-order valence-electron chi connectivity index (χ0n) is 9.17. The molecule has 1 unspecified atom stereocenters. The Kier molecular flexibility index (Phi) is 3.76. The molecule has 0 N–H and O–H groups in total. The second-order valence-corrected chi connectivity index (χ2v) is 4.37. The van der Waals surface area contributed by atoms with E-state index in [4.69, 9.17) is 11.2 Å². The van der Waals surface area contributed by atoms with Crippen LogP contribution in [-0.2, 0) is 0 Å². The molecule has 80 valence electrons. The predicted molar refractivity (Wildman–Crippen MR) is 64.8 cm³/mol. The lowest BCUT2D eigenvalue weighted by atomic mass is 10.1. The van der Waals surface area contributed by atoms with Crippen molar-refractivity contribution in [3.63, 3.8) is 0 Å². The van der Waals surface area contributed by atoms with Gasteiger partial charge in [-0.2, -0.15) is 0 Å². The third-order valence-corrected chi connectivity index (χ3v) is 3.32. The summed E-state index contributed by atoms with van der Waals surface area (Å²) in [6.45, 7) is 5.85. The number of nitrogens with zero attached hydrogens (tertiary/aromatic N) is 1. The van der Waals surface area contributed by atoms with E-state index in [1.165, 1.54) is 0 Å². The van der Waals surface area contributed by atoms with E-state index in [9.17, 15) is 0 Å². The minimum Gasteiger partial charge on any atom is -0.457 e. The highest BCUT2D eigenvalue weighted by molar-refractivity contribution is 9.10. The maximum Gasteiger partial charge on any atom is 0.229 e. The number of pyridine rings is 1. The predicted octanol–water partition coefficient (Wildman–Crippen LogP) is 3.33. The lowest BCUT2D eigenvalue weighted by molar-refractivity contribution is 0.138. The van der Waals surface area contributed by atoms with Gasteiger partial charge < -0.3 is 4.74 Å². The molecule has 0 aliphatic rings. The third-order valence-electron chi connectivity index (χ3n) is 2.35. The molecule has 1 aromatic rings. The third kappa shape index (κ3) is 2.73. The lowest BCUT2D eigenvalue weighted by Gasteiger charge is -2.23. The van der Waals surface area contributed by atoms with Gasteiger partial charge in [0.25, 0.3) is 0 Å². The van der Waals surface area contributed by atoms with E-state index in [-0.39, 0.29) is 0 Å². The molecule has 0 fully saturated rings. The first-order chi connectivity index (χ1) is 7.02. The molecule has 0 radical (unpaired) electrons. The molecule has 2 nitrogen and oxygen atoms in total. The highest BCUT2D eigenvalue weighted by atomic mass is 79.9. The van der Waals surface area contributed by atoms with Gasteiger partial charge in [0.1, 0.15) is 0 Å². The van der Waals surface area contributed by atoms with Crippen LogP contribution in [0.1, 0.15) is 25.8 Å². The summed E-state index contributed by atoms with van der Waals surface area (Å²) in [4.78, 5) is 4.16. The van der Waals surface area contributed by atoms with Crippen LogP contribution < -0.4 is 4.74 Å². The molecule has 0 aromatic carbocycles. The minimum absolute atomic E-state index is 0.553. The second-order valence-electron chi connectivity index (χ2n) is 3.58. The maximum absolute atomic E-state index is 5.72. The van der Waals surface area contributed by atoms with Crippen LogP contribution in [0.5, 0.6) is 5.88 Å². The van der Waals surface area contributed by atoms with Crippen molar-refractivity contribution in [3.8, 4) is 18.2 Å². The van der Waals surface area contributed by atoms with Gasteiger partial charge in [-0.05, 0) is 47.8 Å². The van der Waals surface area contributed by atoms with Crippen molar-refractivity contribution in [2.45, 2.75) is 32.8 Å². The van der Waals surface area contributed by atoms with Crippen LogP contribution in [0, 0.1) is 19.3 Å². The van der Waals surface area contributed by atoms with E-state index in [1.54, 1.807) is 6.20 Å². The number of halogens is 1. The summed E-state index contributed by atoms with van der Waals surface area (Å²) in [5.41, 5.74) is 0.485. The Hall–Kier alpha value is -1.01. The largest absolute Gasteiger partial charge is 0.457 e. The molecule has 3 heteroatoms. The molecule has 0 saturated carbocycles. The topological polar surface area (TPSA) is 22.1 Å². The molecular formula is C12H14BrNO. The molecule has 0 aliphatic carbocycles. The van der Waals surface area contributed by atoms with Crippen LogP contribution >= 0.6 is 15.9 Å². The van der Waals surface area contributed by atoms with Crippen LogP contribution in [0.15, 0.2) is 16.7 Å². The molecule has 15 heavy (non-hydrogen) atoms. The Morgan fingerprint density at radius 3 is 2.87 bits per heavy atom. The van der Waals surface area contributed by atoms with Crippen LogP contribution in [0.2, 0.25) is 0 Å². The van der Waals surface area contributed by atoms with Gasteiger partial charge in [-0.1, -0.05) is 12.8 Å². The Balaban J connectivity index is 3.00. The maximum atomic E-state index is 5.72. The molecule has 1 rings (SSSR count). The molecular weight excluding hydrogens is 254 g/mol. The number of ether oxygens (including phenoxy) is 1. The summed E-state index contributed by atoms with van der Waals surface area (Å²) in [6.07, 6.45) is 7.89. The van der Waals surface area contributed by atoms with E-state index < -0.39 is 5.60 Å². The molecule has 1 aromatic heterocycles. The summed E-state index contributed by atoms with van der Waals surface area (Å²) in [6, 6.07) is 1.91. The van der Waals surface area contributed by atoms with Crippen molar-refractivity contribution in [1.29, 1.82) is 0 Å². The van der Waals surface area contributed by atoms with E-state index in [2.05, 4.69) is 26.8 Å². The Morgan fingerprint density at radius 2 is 2.33 bits per heavy atom. The van der Waals surface area contributed by atoms with E-state index in [0.717, 1.165) is 16.5 Å². The SMILES string of the molecule is C#CC(C)(CC)Oc1nccc(C)c1Br. The smallest absolute Gasteiger partial charge is 0.229 e. The van der Waals surface area contributed by atoms with Crippen LogP contribution in [0.25, 0.3) is 0 Å². The zero-order valence-corrected chi connectivity index (χ0v) is 10.8. The summed E-state index contributed by atoms with van der Waals surface area (Å²) < 4.78 is 6.58. The number of rotatable bonds is 3. The van der Waals surface area contributed by atoms with Crippen molar-refractivity contribution in [2.24, 2.45) is 0 Å². The first-order valence-electron chi connectivity index (χ1n) is 4.80. The highest BCUT2D eigenvalue weighted by Crippen LogP contribution is 2.29. The highest BCUT2D eigenvalue weighted by Gasteiger charge is 2.22. The van der Waals surface area contributed by atoms with Crippen molar-refractivity contribution in [3.05, 3.63) is 22.3 Å². The van der Waals surface area contributed by atoms with Crippen LogP contribution in [-0.4, -0.2) is 10.6 Å². The normalized spacial score (nSPS) is 14.1. The monoisotopic (exact) mass is 267 g/mol. The first kappa shape index (κ1) is 12.1. The fourth-order valence-corrected chi connectivity index (χ4v) is 1.32. The lowest BCUT2D eigenvalue weighted by Crippen LogP contribution is -2.29. The van der Waals surface area contributed by atoms with Gasteiger partial charge in [-0.15, -0.1) is 6.42 Å². The number of hydrogen-bond acceptors (Lipinski definition) is 2. The van der Waals surface area contributed by atoms with Gasteiger partial charge in [0, 0.05) is 6.20 Å². The average Bonchev–Trinajstić information content (AvgIpc) is 2.25. The molecule has 0 spiro atoms. The zero-order chi connectivity index (χ0) is 11.5. The summed E-state index contributed by atoms with van der Waals surface area (Å²) >= 11 is 3.44. The quantitative estimate of drug-likeness (QED) is 0.784. The number of aromatic nitrogens is 1. The van der Waals surface area contributed by atoms with E-state index in [0.29, 0.717) is 5.88 Å². The summed E-state index contributed by atoms with van der Waals surface area (Å²) in [5.74, 6) is 3.19. The van der Waals surface area contributed by atoms with Gasteiger partial charge in [0.05, 0.1) is 4.47 Å². The van der Waals surface area contributed by atoms with Gasteiger partial charge in [0.15, 0.2) is 5.60 Å². The number of aryl methyl sites for hydroxylation is 1.